The van der Waals surface area contributed by atoms with Crippen LogP contribution >= 0.6 is 11.3 Å². The number of methoxy groups -OCH3 is 1. The molecule has 0 aliphatic carbocycles. The first-order chi connectivity index (χ1) is 9.04. The first-order valence-electron chi connectivity index (χ1n) is 5.54. The Balaban J connectivity index is 2.66. The number of aryl methyl sites for hydroxylation is 1. The largest absolute Gasteiger partial charge is 0.504 e. The van der Waals surface area contributed by atoms with Crippen LogP contribution in [0.2, 0.25) is 0 Å². The van der Waals surface area contributed by atoms with Crippen molar-refractivity contribution in [1.82, 2.24) is 0 Å². The van der Waals surface area contributed by atoms with Gasteiger partial charge in [0.1, 0.15) is 0 Å². The zero-order valence-electron chi connectivity index (χ0n) is 10.5. The fraction of sp³-hybridized carbons (Fsp3) is 0.143. The van der Waals surface area contributed by atoms with Gasteiger partial charge in [0.25, 0.3) is 5.43 Å². The highest BCUT2D eigenvalue weighted by molar-refractivity contribution is 7.12. The van der Waals surface area contributed by atoms with Crippen LogP contribution in [-0.2, 0) is 0 Å². The van der Waals surface area contributed by atoms with E-state index in [4.69, 9.17) is 4.74 Å². The summed E-state index contributed by atoms with van der Waals surface area (Å²) in [6.07, 6.45) is 0. The number of rotatable bonds is 3. The smallest absolute Gasteiger partial charge is 0.261 e. The summed E-state index contributed by atoms with van der Waals surface area (Å²) in [5.41, 5.74) is 0.240. The van der Waals surface area contributed by atoms with Crippen molar-refractivity contribution in [2.45, 2.75) is 6.92 Å². The predicted molar refractivity (Wildman–Crippen MR) is 73.4 cm³/mol. The molecule has 0 unspecified atom stereocenters. The molecule has 0 bridgehead atoms. The van der Waals surface area contributed by atoms with E-state index < -0.39 is 11.2 Å². The Kier molecular flexibility index (Phi) is 3.66. The highest BCUT2D eigenvalue weighted by atomic mass is 32.1. The van der Waals surface area contributed by atoms with Gasteiger partial charge in [0.2, 0.25) is 5.78 Å². The quantitative estimate of drug-likeness (QED) is 0.874. The number of hydrogen-bond donors (Lipinski definition) is 1. The molecule has 4 nitrogen and oxygen atoms in total. The molecular weight excluding hydrogens is 264 g/mol. The fourth-order valence-electron chi connectivity index (χ4n) is 1.72. The van der Waals surface area contributed by atoms with Gasteiger partial charge in [0.15, 0.2) is 11.5 Å². The van der Waals surface area contributed by atoms with Crippen LogP contribution < -0.4 is 10.2 Å². The van der Waals surface area contributed by atoms with Crippen LogP contribution in [0.25, 0.3) is 0 Å². The van der Waals surface area contributed by atoms with E-state index >= 15 is 0 Å². The molecule has 1 aromatic carbocycles. The summed E-state index contributed by atoms with van der Waals surface area (Å²) in [6, 6.07) is 6.13. The van der Waals surface area contributed by atoms with Gasteiger partial charge >= 0.3 is 0 Å². The Labute approximate surface area is 113 Å². The second kappa shape index (κ2) is 5.24. The molecule has 2 rings (SSSR count). The summed E-state index contributed by atoms with van der Waals surface area (Å²) in [6.45, 7) is 1.70. The minimum Gasteiger partial charge on any atom is -0.504 e. The zero-order chi connectivity index (χ0) is 14.0. The molecule has 0 saturated heterocycles. The van der Waals surface area contributed by atoms with Crippen LogP contribution in [0.1, 0.15) is 20.8 Å². The molecule has 19 heavy (non-hydrogen) atoms. The number of hydrogen-bond acceptors (Lipinski definition) is 5. The van der Waals surface area contributed by atoms with Crippen LogP contribution in [0.15, 0.2) is 34.4 Å². The minimum absolute atomic E-state index is 0.0141. The molecule has 2 aromatic rings. The van der Waals surface area contributed by atoms with E-state index in [0.29, 0.717) is 16.0 Å². The first-order valence-corrected chi connectivity index (χ1v) is 6.42. The topological polar surface area (TPSA) is 63.6 Å². The molecule has 0 amide bonds. The Morgan fingerprint density at radius 1 is 1.37 bits per heavy atom. The van der Waals surface area contributed by atoms with Gasteiger partial charge in [-0.2, -0.15) is 0 Å². The lowest BCUT2D eigenvalue weighted by atomic mass is 10.1. The highest BCUT2D eigenvalue weighted by Crippen LogP contribution is 2.21. The first kappa shape index (κ1) is 13.3. The van der Waals surface area contributed by atoms with Crippen molar-refractivity contribution in [3.05, 3.63) is 55.9 Å². The van der Waals surface area contributed by atoms with E-state index in [-0.39, 0.29) is 11.5 Å². The summed E-state index contributed by atoms with van der Waals surface area (Å²) in [5, 5.41) is 11.5. The fourth-order valence-corrected chi connectivity index (χ4v) is 2.40. The van der Waals surface area contributed by atoms with Crippen molar-refractivity contribution in [1.29, 1.82) is 0 Å². The summed E-state index contributed by atoms with van der Waals surface area (Å²) >= 11 is 1.31. The molecule has 1 aromatic heterocycles. The highest BCUT2D eigenvalue weighted by Gasteiger charge is 2.15. The zero-order valence-corrected chi connectivity index (χ0v) is 11.3. The number of ketones is 1. The van der Waals surface area contributed by atoms with E-state index in [1.807, 2.05) is 0 Å². The molecule has 0 fully saturated rings. The molecular formula is C14H12O4S. The monoisotopic (exact) mass is 276 g/mol. The van der Waals surface area contributed by atoms with Crippen LogP contribution in [0, 0.1) is 6.92 Å². The average molecular weight is 276 g/mol. The lowest BCUT2D eigenvalue weighted by Crippen LogP contribution is -2.01. The van der Waals surface area contributed by atoms with Crippen LogP contribution in [0.4, 0.5) is 0 Å². The molecule has 98 valence electrons. The average Bonchev–Trinajstić information content (AvgIpc) is 2.90. The molecule has 0 saturated carbocycles. The number of carbonyl (C=O) groups excluding carboxylic acids is 1. The second-order valence-corrected chi connectivity index (χ2v) is 4.92. The van der Waals surface area contributed by atoms with Gasteiger partial charge in [0, 0.05) is 5.56 Å². The maximum atomic E-state index is 12.3. The number of ether oxygens (including phenoxy) is 1. The molecule has 0 atom stereocenters. The molecule has 0 radical (unpaired) electrons. The Morgan fingerprint density at radius 3 is 2.68 bits per heavy atom. The molecule has 1 heterocycles. The van der Waals surface area contributed by atoms with Gasteiger partial charge in [-0.05, 0) is 36.1 Å². The van der Waals surface area contributed by atoms with Gasteiger partial charge in [-0.15, -0.1) is 11.3 Å². The van der Waals surface area contributed by atoms with Gasteiger partial charge < -0.3 is 9.84 Å². The second-order valence-electron chi connectivity index (χ2n) is 3.97. The van der Waals surface area contributed by atoms with Gasteiger partial charge in [-0.25, -0.2) is 0 Å². The predicted octanol–water partition coefficient (Wildman–Crippen LogP) is 2.36. The van der Waals surface area contributed by atoms with Crippen LogP contribution in [0.3, 0.4) is 0 Å². The molecule has 0 spiro atoms. The van der Waals surface area contributed by atoms with Crippen molar-refractivity contribution in [2.24, 2.45) is 0 Å². The van der Waals surface area contributed by atoms with Crippen LogP contribution in [-0.4, -0.2) is 18.0 Å². The van der Waals surface area contributed by atoms with Crippen LogP contribution in [0.5, 0.6) is 11.5 Å². The van der Waals surface area contributed by atoms with E-state index in [9.17, 15) is 14.7 Å². The lowest BCUT2D eigenvalue weighted by molar-refractivity contribution is 0.104. The summed E-state index contributed by atoms with van der Waals surface area (Å²) in [5.74, 6) is -0.703. The maximum Gasteiger partial charge on any atom is 0.261 e. The SMILES string of the molecule is COc1cc(C)c(C(=O)c2cccs2)cc(O)c1=O. The molecule has 5 heteroatoms. The van der Waals surface area contributed by atoms with E-state index in [2.05, 4.69) is 0 Å². The van der Waals surface area contributed by atoms with Gasteiger partial charge in [-0.3, -0.25) is 9.59 Å². The third-order valence-electron chi connectivity index (χ3n) is 2.72. The summed E-state index contributed by atoms with van der Waals surface area (Å²) in [7, 11) is 1.34. The van der Waals surface area contributed by atoms with Crippen molar-refractivity contribution in [2.75, 3.05) is 7.11 Å². The lowest BCUT2D eigenvalue weighted by Gasteiger charge is -1.99. The van der Waals surface area contributed by atoms with Crippen molar-refractivity contribution < 1.29 is 14.6 Å². The third-order valence-corrected chi connectivity index (χ3v) is 3.59. The number of carbonyl (C=O) groups is 1. The standard InChI is InChI=1S/C14H12O4S/c1-8-6-11(18-2)14(17)10(15)7-9(8)13(16)12-4-3-5-19-12/h3-7H,1-2H3,(H,15,17). The van der Waals surface area contributed by atoms with Crippen molar-refractivity contribution in [3.8, 4) is 11.5 Å². The summed E-state index contributed by atoms with van der Waals surface area (Å²) in [4.78, 5) is 24.6. The Morgan fingerprint density at radius 2 is 2.11 bits per heavy atom. The summed E-state index contributed by atoms with van der Waals surface area (Å²) < 4.78 is 4.91. The molecule has 0 aliphatic heterocycles. The third kappa shape index (κ3) is 2.51. The number of thiophene rings is 1. The normalized spacial score (nSPS) is 10.2. The van der Waals surface area contributed by atoms with Gasteiger partial charge in [-0.1, -0.05) is 6.07 Å². The van der Waals surface area contributed by atoms with Crippen molar-refractivity contribution in [3.63, 3.8) is 0 Å². The van der Waals surface area contributed by atoms with Gasteiger partial charge in [0.05, 0.1) is 12.0 Å². The molecule has 1 N–H and O–H groups in total. The molecule has 0 aliphatic rings. The Hall–Kier alpha value is -2.14. The minimum atomic E-state index is -0.629. The van der Waals surface area contributed by atoms with E-state index in [0.717, 1.165) is 0 Å². The number of aromatic hydroxyl groups is 1. The van der Waals surface area contributed by atoms with E-state index in [1.165, 1.54) is 30.6 Å². The van der Waals surface area contributed by atoms with Crippen molar-refractivity contribution >= 4 is 17.1 Å². The Bertz CT molecular complexity index is 675. The maximum absolute atomic E-state index is 12.3. The van der Waals surface area contributed by atoms with E-state index in [1.54, 1.807) is 24.4 Å².